The van der Waals surface area contributed by atoms with Crippen LogP contribution in [-0.2, 0) is 4.79 Å². The SMILES string of the molecule is Cc1ccc(C(=O)NNC(=O)[C@@H](C)Oc2ccc(C(C)C)cc2)cc1. The summed E-state index contributed by atoms with van der Waals surface area (Å²) in [6, 6.07) is 14.7. The molecular weight excluding hydrogens is 316 g/mol. The van der Waals surface area contributed by atoms with Gasteiger partial charge < -0.3 is 4.74 Å². The van der Waals surface area contributed by atoms with Crippen LogP contribution in [0.3, 0.4) is 0 Å². The molecule has 2 aromatic carbocycles. The molecule has 0 aliphatic carbocycles. The topological polar surface area (TPSA) is 67.4 Å². The minimum absolute atomic E-state index is 0.373. The van der Waals surface area contributed by atoms with E-state index in [0.29, 0.717) is 17.2 Å². The molecule has 0 aromatic heterocycles. The first-order valence-corrected chi connectivity index (χ1v) is 8.30. The van der Waals surface area contributed by atoms with Gasteiger partial charge in [0, 0.05) is 5.56 Å². The van der Waals surface area contributed by atoms with Gasteiger partial charge in [-0.2, -0.15) is 0 Å². The van der Waals surface area contributed by atoms with Gasteiger partial charge in [-0.05, 0) is 49.6 Å². The van der Waals surface area contributed by atoms with Gasteiger partial charge in [0.15, 0.2) is 6.10 Å². The number of nitrogens with one attached hydrogen (secondary N) is 2. The molecule has 2 rings (SSSR count). The summed E-state index contributed by atoms with van der Waals surface area (Å²) in [5, 5.41) is 0. The smallest absolute Gasteiger partial charge is 0.279 e. The third kappa shape index (κ3) is 5.35. The maximum atomic E-state index is 12.1. The van der Waals surface area contributed by atoms with Crippen molar-refractivity contribution < 1.29 is 14.3 Å². The molecule has 1 atom stereocenters. The Balaban J connectivity index is 1.85. The normalized spacial score (nSPS) is 11.7. The molecule has 0 aliphatic rings. The standard InChI is InChI=1S/C20H24N2O3/c1-13(2)16-9-11-18(12-10-16)25-15(4)19(23)21-22-20(24)17-7-5-14(3)6-8-17/h5-13,15H,1-4H3,(H,21,23)(H,22,24)/t15-/m1/s1. The molecular formula is C20H24N2O3. The number of ether oxygens (including phenoxy) is 1. The molecule has 25 heavy (non-hydrogen) atoms. The van der Waals surface area contributed by atoms with Crippen molar-refractivity contribution in [2.75, 3.05) is 0 Å². The number of carbonyl (C=O) groups is 2. The zero-order valence-electron chi connectivity index (χ0n) is 15.0. The van der Waals surface area contributed by atoms with E-state index >= 15 is 0 Å². The molecule has 0 fully saturated rings. The second-order valence-electron chi connectivity index (χ2n) is 6.29. The molecule has 0 unspecified atom stereocenters. The third-order valence-electron chi connectivity index (χ3n) is 3.84. The Bertz CT molecular complexity index is 722. The average Bonchev–Trinajstić information content (AvgIpc) is 2.60. The summed E-state index contributed by atoms with van der Waals surface area (Å²) in [5.74, 6) is 0.249. The van der Waals surface area contributed by atoms with Crippen LogP contribution in [0.4, 0.5) is 0 Å². The van der Waals surface area contributed by atoms with E-state index in [2.05, 4.69) is 24.7 Å². The highest BCUT2D eigenvalue weighted by Gasteiger charge is 2.16. The highest BCUT2D eigenvalue weighted by atomic mass is 16.5. The van der Waals surface area contributed by atoms with Crippen LogP contribution in [0.2, 0.25) is 0 Å². The summed E-state index contributed by atoms with van der Waals surface area (Å²) in [6.45, 7) is 7.80. The van der Waals surface area contributed by atoms with Gasteiger partial charge in [-0.25, -0.2) is 0 Å². The highest BCUT2D eigenvalue weighted by Crippen LogP contribution is 2.19. The number of carbonyl (C=O) groups excluding carboxylic acids is 2. The molecule has 0 heterocycles. The molecule has 0 saturated heterocycles. The largest absolute Gasteiger partial charge is 0.481 e. The van der Waals surface area contributed by atoms with E-state index in [1.165, 1.54) is 5.56 Å². The molecule has 0 aliphatic heterocycles. The number of hydrogen-bond acceptors (Lipinski definition) is 3. The quantitative estimate of drug-likeness (QED) is 0.820. The van der Waals surface area contributed by atoms with Crippen LogP contribution in [-0.4, -0.2) is 17.9 Å². The van der Waals surface area contributed by atoms with Gasteiger partial charge in [-0.3, -0.25) is 20.4 Å². The third-order valence-corrected chi connectivity index (χ3v) is 3.84. The summed E-state index contributed by atoms with van der Waals surface area (Å²) in [5.41, 5.74) is 7.51. The molecule has 132 valence electrons. The predicted octanol–water partition coefficient (Wildman–Crippen LogP) is 3.35. The minimum atomic E-state index is -0.733. The van der Waals surface area contributed by atoms with Crippen molar-refractivity contribution in [1.82, 2.24) is 10.9 Å². The van der Waals surface area contributed by atoms with E-state index in [1.54, 1.807) is 19.1 Å². The Hall–Kier alpha value is -2.82. The van der Waals surface area contributed by atoms with Gasteiger partial charge in [0.1, 0.15) is 5.75 Å². The number of rotatable bonds is 5. The summed E-state index contributed by atoms with van der Waals surface area (Å²) < 4.78 is 5.60. The fraction of sp³-hybridized carbons (Fsp3) is 0.300. The number of hydrazine groups is 1. The zero-order valence-corrected chi connectivity index (χ0v) is 15.0. The fourth-order valence-corrected chi connectivity index (χ4v) is 2.19. The van der Waals surface area contributed by atoms with E-state index in [9.17, 15) is 9.59 Å². The van der Waals surface area contributed by atoms with Gasteiger partial charge in [0.25, 0.3) is 11.8 Å². The van der Waals surface area contributed by atoms with E-state index in [-0.39, 0.29) is 5.91 Å². The van der Waals surface area contributed by atoms with Crippen molar-refractivity contribution in [3.8, 4) is 5.75 Å². The van der Waals surface area contributed by atoms with Crippen LogP contribution in [0.1, 0.15) is 48.2 Å². The second kappa shape index (κ2) is 8.33. The summed E-state index contributed by atoms with van der Waals surface area (Å²) >= 11 is 0. The van der Waals surface area contributed by atoms with Gasteiger partial charge in [-0.15, -0.1) is 0 Å². The van der Waals surface area contributed by atoms with E-state index < -0.39 is 12.0 Å². The lowest BCUT2D eigenvalue weighted by atomic mass is 10.0. The Morgan fingerprint density at radius 1 is 0.880 bits per heavy atom. The second-order valence-corrected chi connectivity index (χ2v) is 6.29. The van der Waals surface area contributed by atoms with E-state index in [1.807, 2.05) is 43.3 Å². The molecule has 0 bridgehead atoms. The predicted molar refractivity (Wildman–Crippen MR) is 97.4 cm³/mol. The number of aryl methyl sites for hydroxylation is 1. The lowest BCUT2D eigenvalue weighted by Crippen LogP contribution is -2.47. The van der Waals surface area contributed by atoms with Crippen LogP contribution < -0.4 is 15.6 Å². The van der Waals surface area contributed by atoms with E-state index in [0.717, 1.165) is 5.56 Å². The zero-order chi connectivity index (χ0) is 18.4. The first-order chi connectivity index (χ1) is 11.9. The van der Waals surface area contributed by atoms with E-state index in [4.69, 9.17) is 4.74 Å². The number of benzene rings is 2. The van der Waals surface area contributed by atoms with Crippen LogP contribution in [0, 0.1) is 6.92 Å². The molecule has 0 spiro atoms. The summed E-state index contributed by atoms with van der Waals surface area (Å²) in [7, 11) is 0. The Kier molecular flexibility index (Phi) is 6.17. The number of amides is 2. The van der Waals surface area contributed by atoms with Crippen molar-refractivity contribution in [1.29, 1.82) is 0 Å². The van der Waals surface area contributed by atoms with Gasteiger partial charge in [0.2, 0.25) is 0 Å². The maximum Gasteiger partial charge on any atom is 0.279 e. The lowest BCUT2D eigenvalue weighted by molar-refractivity contribution is -0.128. The molecule has 2 amide bonds. The van der Waals surface area contributed by atoms with Crippen LogP contribution in [0.15, 0.2) is 48.5 Å². The minimum Gasteiger partial charge on any atom is -0.481 e. The Morgan fingerprint density at radius 3 is 2.04 bits per heavy atom. The molecule has 5 nitrogen and oxygen atoms in total. The summed E-state index contributed by atoms with van der Waals surface area (Å²) in [6.07, 6.45) is -0.733. The summed E-state index contributed by atoms with van der Waals surface area (Å²) in [4.78, 5) is 24.0. The molecule has 0 saturated carbocycles. The van der Waals surface area contributed by atoms with Crippen LogP contribution in [0.25, 0.3) is 0 Å². The van der Waals surface area contributed by atoms with Crippen molar-refractivity contribution in [2.45, 2.75) is 39.7 Å². The average molecular weight is 340 g/mol. The van der Waals surface area contributed by atoms with Gasteiger partial charge in [0.05, 0.1) is 0 Å². The monoisotopic (exact) mass is 340 g/mol. The molecule has 2 N–H and O–H groups in total. The van der Waals surface area contributed by atoms with Crippen molar-refractivity contribution in [2.24, 2.45) is 0 Å². The van der Waals surface area contributed by atoms with Gasteiger partial charge in [-0.1, -0.05) is 43.7 Å². The molecule has 0 radical (unpaired) electrons. The Labute approximate surface area is 148 Å². The van der Waals surface area contributed by atoms with Crippen molar-refractivity contribution >= 4 is 11.8 Å². The van der Waals surface area contributed by atoms with Crippen LogP contribution in [0.5, 0.6) is 5.75 Å². The number of hydrogen-bond donors (Lipinski definition) is 2. The molecule has 2 aromatic rings. The van der Waals surface area contributed by atoms with Crippen molar-refractivity contribution in [3.63, 3.8) is 0 Å². The van der Waals surface area contributed by atoms with Gasteiger partial charge >= 0.3 is 0 Å². The molecule has 5 heteroatoms. The van der Waals surface area contributed by atoms with Crippen molar-refractivity contribution in [3.05, 3.63) is 65.2 Å². The first kappa shape index (κ1) is 18.5. The first-order valence-electron chi connectivity index (χ1n) is 8.30. The Morgan fingerprint density at radius 2 is 1.48 bits per heavy atom. The lowest BCUT2D eigenvalue weighted by Gasteiger charge is -2.16. The highest BCUT2D eigenvalue weighted by molar-refractivity contribution is 5.95. The van der Waals surface area contributed by atoms with Crippen LogP contribution >= 0.6 is 0 Å². The fourth-order valence-electron chi connectivity index (χ4n) is 2.19. The maximum absolute atomic E-state index is 12.1.